The van der Waals surface area contributed by atoms with E-state index in [1.165, 1.54) is 6.07 Å². The molecule has 1 aromatic rings. The topological polar surface area (TPSA) is 67.6 Å². The van der Waals surface area contributed by atoms with Gasteiger partial charge in [0, 0.05) is 18.7 Å². The Morgan fingerprint density at radius 3 is 2.75 bits per heavy atom. The molecular formula is C14H21N3O3. The van der Waals surface area contributed by atoms with Gasteiger partial charge in [0.2, 0.25) is 0 Å². The summed E-state index contributed by atoms with van der Waals surface area (Å²) in [6.07, 6.45) is 2.25. The molecule has 0 unspecified atom stereocenters. The first-order chi connectivity index (χ1) is 9.60. The highest BCUT2D eigenvalue weighted by atomic mass is 16.6. The van der Waals surface area contributed by atoms with Crippen LogP contribution in [-0.4, -0.2) is 43.6 Å². The number of nitrogens with zero attached hydrogens (tertiary/aromatic N) is 2. The van der Waals surface area contributed by atoms with Gasteiger partial charge in [-0.05, 0) is 45.0 Å². The average molecular weight is 279 g/mol. The number of benzene rings is 1. The zero-order valence-corrected chi connectivity index (χ0v) is 12.0. The molecule has 1 aliphatic heterocycles. The van der Waals surface area contributed by atoms with E-state index in [9.17, 15) is 10.1 Å². The number of ether oxygens (including phenoxy) is 1. The predicted molar refractivity (Wildman–Crippen MR) is 78.4 cm³/mol. The minimum absolute atomic E-state index is 0.0960. The van der Waals surface area contributed by atoms with E-state index in [0.29, 0.717) is 17.4 Å². The molecule has 0 aromatic heterocycles. The SMILES string of the molecule is COc1ccc([N+](=O)[O-])c(NCC2CCN(C)CC2)c1. The first-order valence-corrected chi connectivity index (χ1v) is 6.85. The number of rotatable bonds is 5. The lowest BCUT2D eigenvalue weighted by Crippen LogP contribution is -2.33. The molecule has 0 amide bonds. The second kappa shape index (κ2) is 6.56. The fourth-order valence-corrected chi connectivity index (χ4v) is 2.46. The third-order valence-electron chi connectivity index (χ3n) is 3.82. The Kier molecular flexibility index (Phi) is 4.79. The second-order valence-corrected chi connectivity index (χ2v) is 5.27. The lowest BCUT2D eigenvalue weighted by atomic mass is 9.97. The van der Waals surface area contributed by atoms with Crippen LogP contribution < -0.4 is 10.1 Å². The number of piperidine rings is 1. The first-order valence-electron chi connectivity index (χ1n) is 6.85. The largest absolute Gasteiger partial charge is 0.497 e. The van der Waals surface area contributed by atoms with Crippen molar-refractivity contribution in [2.45, 2.75) is 12.8 Å². The molecular weight excluding hydrogens is 258 g/mol. The van der Waals surface area contributed by atoms with Gasteiger partial charge in [-0.3, -0.25) is 10.1 Å². The van der Waals surface area contributed by atoms with Crippen molar-refractivity contribution in [3.63, 3.8) is 0 Å². The van der Waals surface area contributed by atoms with Crippen LogP contribution in [0.1, 0.15) is 12.8 Å². The average Bonchev–Trinajstić information content (AvgIpc) is 2.46. The number of hydrogen-bond acceptors (Lipinski definition) is 5. The van der Waals surface area contributed by atoms with Crippen LogP contribution in [0.2, 0.25) is 0 Å². The molecule has 110 valence electrons. The highest BCUT2D eigenvalue weighted by Crippen LogP contribution is 2.29. The number of likely N-dealkylation sites (tertiary alicyclic amines) is 1. The summed E-state index contributed by atoms with van der Waals surface area (Å²) in [4.78, 5) is 13.0. The van der Waals surface area contributed by atoms with Crippen molar-refractivity contribution < 1.29 is 9.66 Å². The Morgan fingerprint density at radius 2 is 2.15 bits per heavy atom. The number of hydrogen-bond donors (Lipinski definition) is 1. The summed E-state index contributed by atoms with van der Waals surface area (Å²) >= 11 is 0. The summed E-state index contributed by atoms with van der Waals surface area (Å²) in [5.74, 6) is 1.19. The fraction of sp³-hybridized carbons (Fsp3) is 0.571. The van der Waals surface area contributed by atoms with Crippen LogP contribution in [0.15, 0.2) is 18.2 Å². The van der Waals surface area contributed by atoms with Crippen LogP contribution in [0, 0.1) is 16.0 Å². The molecule has 1 aliphatic rings. The van der Waals surface area contributed by atoms with Crippen LogP contribution in [-0.2, 0) is 0 Å². The fourth-order valence-electron chi connectivity index (χ4n) is 2.46. The summed E-state index contributed by atoms with van der Waals surface area (Å²) in [6.45, 7) is 2.95. The smallest absolute Gasteiger partial charge is 0.292 e. The van der Waals surface area contributed by atoms with Crippen LogP contribution in [0.25, 0.3) is 0 Å². The van der Waals surface area contributed by atoms with E-state index in [4.69, 9.17) is 4.74 Å². The normalized spacial score (nSPS) is 16.9. The Labute approximate surface area is 118 Å². The summed E-state index contributed by atoms with van der Waals surface area (Å²) in [7, 11) is 3.68. The zero-order chi connectivity index (χ0) is 14.5. The molecule has 0 atom stereocenters. The van der Waals surface area contributed by atoms with Crippen LogP contribution in [0.4, 0.5) is 11.4 Å². The molecule has 2 rings (SSSR count). The Bertz CT molecular complexity index is 471. The highest BCUT2D eigenvalue weighted by molar-refractivity contribution is 5.64. The van der Waals surface area contributed by atoms with Crippen molar-refractivity contribution in [2.75, 3.05) is 39.1 Å². The number of nitro groups is 1. The summed E-state index contributed by atoms with van der Waals surface area (Å²) in [5, 5.41) is 14.2. The lowest BCUT2D eigenvalue weighted by Gasteiger charge is -2.29. The van der Waals surface area contributed by atoms with E-state index < -0.39 is 0 Å². The maximum Gasteiger partial charge on any atom is 0.292 e. The standard InChI is InChI=1S/C14H21N3O3/c1-16-7-5-11(6-8-16)10-15-13-9-12(20-2)3-4-14(13)17(18)19/h3-4,9,11,15H,5-8,10H2,1-2H3. The van der Waals surface area contributed by atoms with Gasteiger partial charge in [0.15, 0.2) is 0 Å². The summed E-state index contributed by atoms with van der Waals surface area (Å²) in [6, 6.07) is 4.78. The molecule has 1 fully saturated rings. The number of anilines is 1. The van der Waals surface area contributed by atoms with Gasteiger partial charge in [-0.1, -0.05) is 0 Å². The molecule has 0 saturated carbocycles. The summed E-state index contributed by atoms with van der Waals surface area (Å²) < 4.78 is 5.13. The van der Waals surface area contributed by atoms with E-state index in [0.717, 1.165) is 32.5 Å². The van der Waals surface area contributed by atoms with Gasteiger partial charge in [0.1, 0.15) is 11.4 Å². The van der Waals surface area contributed by atoms with E-state index in [-0.39, 0.29) is 10.6 Å². The van der Waals surface area contributed by atoms with Crippen LogP contribution >= 0.6 is 0 Å². The maximum absolute atomic E-state index is 11.0. The second-order valence-electron chi connectivity index (χ2n) is 5.27. The van der Waals surface area contributed by atoms with Crippen LogP contribution in [0.3, 0.4) is 0 Å². The zero-order valence-electron chi connectivity index (χ0n) is 12.0. The Hall–Kier alpha value is -1.82. The minimum Gasteiger partial charge on any atom is -0.497 e. The van der Waals surface area contributed by atoms with Gasteiger partial charge in [0.25, 0.3) is 5.69 Å². The molecule has 0 aliphatic carbocycles. The monoisotopic (exact) mass is 279 g/mol. The predicted octanol–water partition coefficient (Wildman–Crippen LogP) is 2.36. The van der Waals surface area contributed by atoms with Crippen LogP contribution in [0.5, 0.6) is 5.75 Å². The van der Waals surface area contributed by atoms with E-state index in [2.05, 4.69) is 17.3 Å². The van der Waals surface area contributed by atoms with Crippen molar-refractivity contribution in [1.82, 2.24) is 4.90 Å². The number of nitrogens with one attached hydrogen (secondary N) is 1. The molecule has 0 bridgehead atoms. The van der Waals surface area contributed by atoms with Crippen molar-refractivity contribution in [3.05, 3.63) is 28.3 Å². The molecule has 1 N–H and O–H groups in total. The third-order valence-corrected chi connectivity index (χ3v) is 3.82. The van der Waals surface area contributed by atoms with Crippen molar-refractivity contribution in [1.29, 1.82) is 0 Å². The van der Waals surface area contributed by atoms with Gasteiger partial charge >= 0.3 is 0 Å². The van der Waals surface area contributed by atoms with E-state index >= 15 is 0 Å². The minimum atomic E-state index is -0.365. The molecule has 1 heterocycles. The molecule has 6 nitrogen and oxygen atoms in total. The molecule has 0 spiro atoms. The molecule has 20 heavy (non-hydrogen) atoms. The van der Waals surface area contributed by atoms with E-state index in [1.54, 1.807) is 19.2 Å². The van der Waals surface area contributed by atoms with Crippen molar-refractivity contribution in [2.24, 2.45) is 5.92 Å². The summed E-state index contributed by atoms with van der Waals surface area (Å²) in [5.41, 5.74) is 0.631. The number of methoxy groups -OCH3 is 1. The quantitative estimate of drug-likeness (QED) is 0.662. The Morgan fingerprint density at radius 1 is 1.45 bits per heavy atom. The Balaban J connectivity index is 2.02. The van der Waals surface area contributed by atoms with E-state index in [1.807, 2.05) is 0 Å². The van der Waals surface area contributed by atoms with Gasteiger partial charge in [0.05, 0.1) is 12.0 Å². The molecule has 1 aromatic carbocycles. The lowest BCUT2D eigenvalue weighted by molar-refractivity contribution is -0.384. The maximum atomic E-state index is 11.0. The molecule has 6 heteroatoms. The molecule has 1 saturated heterocycles. The molecule has 0 radical (unpaired) electrons. The van der Waals surface area contributed by atoms with Gasteiger partial charge in [-0.2, -0.15) is 0 Å². The van der Waals surface area contributed by atoms with Crippen molar-refractivity contribution >= 4 is 11.4 Å². The highest BCUT2D eigenvalue weighted by Gasteiger charge is 2.19. The number of nitro benzene ring substituents is 1. The van der Waals surface area contributed by atoms with Gasteiger partial charge in [-0.15, -0.1) is 0 Å². The van der Waals surface area contributed by atoms with Gasteiger partial charge in [-0.25, -0.2) is 0 Å². The first kappa shape index (κ1) is 14.6. The van der Waals surface area contributed by atoms with Gasteiger partial charge < -0.3 is 15.0 Å². The third kappa shape index (κ3) is 3.60. The van der Waals surface area contributed by atoms with Crippen molar-refractivity contribution in [3.8, 4) is 5.75 Å².